The molecule has 1 aliphatic heterocycles. The zero-order valence-electron chi connectivity index (χ0n) is 15.4. The second-order valence-electron chi connectivity index (χ2n) is 6.09. The maximum Gasteiger partial charge on any atom is 0.266 e. The van der Waals surface area contributed by atoms with Crippen molar-refractivity contribution in [1.82, 2.24) is 4.90 Å². The summed E-state index contributed by atoms with van der Waals surface area (Å²) >= 11 is 1.41. The molecule has 2 aromatic carbocycles. The number of aliphatic imine (C=N–C) groups is 1. The lowest BCUT2D eigenvalue weighted by Crippen LogP contribution is -2.28. The Morgan fingerprint density at radius 1 is 1.19 bits per heavy atom. The highest BCUT2D eigenvalue weighted by Crippen LogP contribution is 2.36. The summed E-state index contributed by atoms with van der Waals surface area (Å²) < 4.78 is 5.39. The van der Waals surface area contributed by atoms with Crippen LogP contribution in [0.2, 0.25) is 0 Å². The van der Waals surface area contributed by atoms with Gasteiger partial charge in [-0.2, -0.15) is 0 Å². The zero-order valence-corrected chi connectivity index (χ0v) is 16.3. The molecule has 0 aromatic heterocycles. The van der Waals surface area contributed by atoms with Gasteiger partial charge in [0.05, 0.1) is 17.7 Å². The minimum atomic E-state index is -0.0209. The van der Waals surface area contributed by atoms with Crippen LogP contribution < -0.4 is 4.74 Å². The van der Waals surface area contributed by atoms with Gasteiger partial charge in [-0.25, -0.2) is 4.99 Å². The summed E-state index contributed by atoms with van der Waals surface area (Å²) in [6.45, 7) is 6.62. The summed E-state index contributed by atoms with van der Waals surface area (Å²) in [5, 5.41) is 0.715. The van der Waals surface area contributed by atoms with Crippen molar-refractivity contribution in [3.05, 3.63) is 64.1 Å². The molecule has 1 saturated heterocycles. The van der Waals surface area contributed by atoms with Gasteiger partial charge < -0.3 is 4.74 Å². The van der Waals surface area contributed by atoms with Crippen molar-refractivity contribution < 1.29 is 9.53 Å². The molecule has 4 nitrogen and oxygen atoms in total. The van der Waals surface area contributed by atoms with Gasteiger partial charge in [0, 0.05) is 12.1 Å². The molecule has 0 bridgehead atoms. The number of methoxy groups -OCH3 is 1. The molecule has 0 aliphatic carbocycles. The summed E-state index contributed by atoms with van der Waals surface area (Å²) in [7, 11) is 1.63. The van der Waals surface area contributed by atoms with E-state index in [1.54, 1.807) is 12.0 Å². The highest BCUT2D eigenvalue weighted by Gasteiger charge is 2.32. The van der Waals surface area contributed by atoms with Gasteiger partial charge in [-0.05, 0) is 61.9 Å². The van der Waals surface area contributed by atoms with E-state index in [4.69, 9.17) is 9.73 Å². The van der Waals surface area contributed by atoms with Gasteiger partial charge in [-0.3, -0.25) is 9.69 Å². The summed E-state index contributed by atoms with van der Waals surface area (Å²) in [5.74, 6) is 0.726. The summed E-state index contributed by atoms with van der Waals surface area (Å²) in [4.78, 5) is 19.9. The molecule has 0 N–H and O–H groups in total. The monoisotopic (exact) mass is 366 g/mol. The number of amidine groups is 1. The van der Waals surface area contributed by atoms with Crippen molar-refractivity contribution in [2.24, 2.45) is 4.99 Å². The van der Waals surface area contributed by atoms with Crippen molar-refractivity contribution in [3.63, 3.8) is 0 Å². The van der Waals surface area contributed by atoms with Crippen LogP contribution in [-0.2, 0) is 4.79 Å². The molecule has 3 rings (SSSR count). The fourth-order valence-electron chi connectivity index (χ4n) is 2.74. The number of carbonyl (C=O) groups is 1. The van der Waals surface area contributed by atoms with Crippen LogP contribution in [0, 0.1) is 13.8 Å². The largest absolute Gasteiger partial charge is 0.496 e. The quantitative estimate of drug-likeness (QED) is 0.720. The molecule has 0 radical (unpaired) electrons. The molecule has 1 amide bonds. The molecule has 2 aromatic rings. The van der Waals surface area contributed by atoms with Gasteiger partial charge in [-0.15, -0.1) is 0 Å². The third-order valence-corrected chi connectivity index (χ3v) is 5.22. The molecule has 0 spiro atoms. The van der Waals surface area contributed by atoms with Crippen molar-refractivity contribution in [3.8, 4) is 5.75 Å². The van der Waals surface area contributed by atoms with Crippen molar-refractivity contribution in [1.29, 1.82) is 0 Å². The SMILES string of the molecule is CCN1C(=O)/C(=C\c2ccccc2OC)SC1=Nc1cc(C)ccc1C. The molecule has 0 unspecified atom stereocenters. The summed E-state index contributed by atoms with van der Waals surface area (Å²) in [6, 6.07) is 13.8. The van der Waals surface area contributed by atoms with E-state index in [0.29, 0.717) is 16.6 Å². The number of hydrogen-bond acceptors (Lipinski definition) is 4. The lowest BCUT2D eigenvalue weighted by molar-refractivity contribution is -0.122. The van der Waals surface area contributed by atoms with Gasteiger partial charge in [0.2, 0.25) is 0 Å². The molecule has 1 aliphatic rings. The zero-order chi connectivity index (χ0) is 18.7. The van der Waals surface area contributed by atoms with Gasteiger partial charge in [-0.1, -0.05) is 30.3 Å². The standard InChI is InChI=1S/C21H22N2O2S/c1-5-23-20(24)19(13-16-8-6-7-9-18(16)25-4)26-21(23)22-17-12-14(2)10-11-15(17)3/h6-13H,5H2,1-4H3/b19-13+,22-21?. The van der Waals surface area contributed by atoms with Crippen LogP contribution in [0.15, 0.2) is 52.4 Å². The number of aryl methyl sites for hydroxylation is 2. The second kappa shape index (κ2) is 7.79. The Balaban J connectivity index is 1.99. The Morgan fingerprint density at radius 2 is 1.96 bits per heavy atom. The number of thioether (sulfide) groups is 1. The third-order valence-electron chi connectivity index (χ3n) is 4.21. The lowest BCUT2D eigenvalue weighted by Gasteiger charge is -2.12. The minimum Gasteiger partial charge on any atom is -0.496 e. The maximum atomic E-state index is 12.8. The summed E-state index contributed by atoms with van der Waals surface area (Å²) in [5.41, 5.74) is 4.03. The van der Waals surface area contributed by atoms with Crippen molar-refractivity contribution >= 4 is 34.6 Å². The normalized spacial score (nSPS) is 17.4. The van der Waals surface area contributed by atoms with E-state index in [-0.39, 0.29) is 5.91 Å². The fraction of sp³-hybridized carbons (Fsp3) is 0.238. The van der Waals surface area contributed by atoms with Gasteiger partial charge in [0.1, 0.15) is 5.75 Å². The average Bonchev–Trinajstić information content (AvgIpc) is 2.93. The number of ether oxygens (including phenoxy) is 1. The highest BCUT2D eigenvalue weighted by molar-refractivity contribution is 8.18. The first-order valence-electron chi connectivity index (χ1n) is 8.54. The van der Waals surface area contributed by atoms with Crippen LogP contribution in [0.5, 0.6) is 5.75 Å². The molecule has 26 heavy (non-hydrogen) atoms. The first-order valence-corrected chi connectivity index (χ1v) is 9.35. The number of rotatable bonds is 4. The van der Waals surface area contributed by atoms with Crippen LogP contribution in [0.25, 0.3) is 6.08 Å². The molecule has 1 fully saturated rings. The van der Waals surface area contributed by atoms with Crippen LogP contribution in [0.3, 0.4) is 0 Å². The van der Waals surface area contributed by atoms with E-state index in [1.165, 1.54) is 11.8 Å². The average molecular weight is 366 g/mol. The molecule has 0 atom stereocenters. The first-order chi connectivity index (χ1) is 12.5. The van der Waals surface area contributed by atoms with E-state index in [2.05, 4.69) is 12.1 Å². The first kappa shape index (κ1) is 18.3. The molecule has 1 heterocycles. The number of hydrogen-bond donors (Lipinski definition) is 0. The summed E-state index contributed by atoms with van der Waals surface area (Å²) in [6.07, 6.45) is 1.88. The van der Waals surface area contributed by atoms with E-state index in [0.717, 1.165) is 28.1 Å². The van der Waals surface area contributed by atoms with Crippen molar-refractivity contribution in [2.75, 3.05) is 13.7 Å². The van der Waals surface area contributed by atoms with Gasteiger partial charge in [0.15, 0.2) is 5.17 Å². The fourth-order valence-corrected chi connectivity index (χ4v) is 3.79. The van der Waals surface area contributed by atoms with Crippen LogP contribution in [0.4, 0.5) is 5.69 Å². The van der Waals surface area contributed by atoms with Crippen molar-refractivity contribution in [2.45, 2.75) is 20.8 Å². The highest BCUT2D eigenvalue weighted by atomic mass is 32.2. The van der Waals surface area contributed by atoms with Crippen LogP contribution >= 0.6 is 11.8 Å². The Morgan fingerprint density at radius 3 is 2.69 bits per heavy atom. The number of para-hydroxylation sites is 1. The predicted molar refractivity (Wildman–Crippen MR) is 109 cm³/mol. The number of amides is 1. The van der Waals surface area contributed by atoms with Crippen LogP contribution in [0.1, 0.15) is 23.6 Å². The van der Waals surface area contributed by atoms with E-state index >= 15 is 0 Å². The number of carbonyl (C=O) groups excluding carboxylic acids is 1. The molecule has 0 saturated carbocycles. The Labute approximate surface area is 158 Å². The topological polar surface area (TPSA) is 41.9 Å². The molecular formula is C21H22N2O2S. The minimum absolute atomic E-state index is 0.0209. The van der Waals surface area contributed by atoms with Gasteiger partial charge >= 0.3 is 0 Å². The maximum absolute atomic E-state index is 12.8. The van der Waals surface area contributed by atoms with E-state index < -0.39 is 0 Å². The Kier molecular flexibility index (Phi) is 5.47. The second-order valence-corrected chi connectivity index (χ2v) is 7.10. The number of nitrogens with zero attached hydrogens (tertiary/aromatic N) is 2. The molecular weight excluding hydrogens is 344 g/mol. The van der Waals surface area contributed by atoms with E-state index in [1.807, 2.05) is 57.2 Å². The predicted octanol–water partition coefficient (Wildman–Crippen LogP) is 4.94. The molecule has 134 valence electrons. The van der Waals surface area contributed by atoms with Gasteiger partial charge in [0.25, 0.3) is 5.91 Å². The Bertz CT molecular complexity index is 903. The molecule has 5 heteroatoms. The third kappa shape index (κ3) is 3.68. The smallest absolute Gasteiger partial charge is 0.266 e. The number of likely N-dealkylation sites (N-methyl/N-ethyl adjacent to an activating group) is 1. The lowest BCUT2D eigenvalue weighted by atomic mass is 10.1. The Hall–Kier alpha value is -2.53. The number of benzene rings is 2. The van der Waals surface area contributed by atoms with E-state index in [9.17, 15) is 4.79 Å². The van der Waals surface area contributed by atoms with Crippen LogP contribution in [-0.4, -0.2) is 29.6 Å².